The minimum atomic E-state index is -0.439. The lowest BCUT2D eigenvalue weighted by molar-refractivity contribution is -0.119. The van der Waals surface area contributed by atoms with Crippen LogP contribution in [0, 0.1) is 0 Å². The SMILES string of the molecule is CCOCCn1c(=NC(=O)C2=COCCO2)sc2cc(Br)ccc21. The third-order valence-corrected chi connectivity index (χ3v) is 4.90. The molecule has 1 amide bonds. The highest BCUT2D eigenvalue weighted by atomic mass is 79.9. The molecular weight excluding hydrogens is 396 g/mol. The van der Waals surface area contributed by atoms with Gasteiger partial charge in [-0.15, -0.1) is 0 Å². The van der Waals surface area contributed by atoms with E-state index < -0.39 is 5.91 Å². The van der Waals surface area contributed by atoms with E-state index in [4.69, 9.17) is 14.2 Å². The zero-order valence-electron chi connectivity index (χ0n) is 13.2. The number of thiazole rings is 1. The standard InChI is InChI=1S/C16H17BrN2O4S/c1-2-21-6-5-19-12-4-3-11(17)9-14(12)24-16(19)18-15(20)13-10-22-7-8-23-13/h3-4,9-10H,2,5-8H2,1H3. The van der Waals surface area contributed by atoms with Crippen molar-refractivity contribution in [3.05, 3.63) is 39.5 Å². The fourth-order valence-electron chi connectivity index (χ4n) is 2.27. The summed E-state index contributed by atoms with van der Waals surface area (Å²) >= 11 is 4.93. The van der Waals surface area contributed by atoms with Crippen LogP contribution in [-0.4, -0.2) is 36.9 Å². The van der Waals surface area contributed by atoms with Crippen LogP contribution in [0.4, 0.5) is 0 Å². The van der Waals surface area contributed by atoms with E-state index in [0.717, 1.165) is 14.7 Å². The zero-order valence-corrected chi connectivity index (χ0v) is 15.6. The van der Waals surface area contributed by atoms with Gasteiger partial charge in [0.2, 0.25) is 5.76 Å². The second-order valence-electron chi connectivity index (χ2n) is 4.96. The van der Waals surface area contributed by atoms with Crippen molar-refractivity contribution >= 4 is 43.4 Å². The van der Waals surface area contributed by atoms with E-state index in [1.807, 2.05) is 29.7 Å². The molecule has 3 rings (SSSR count). The van der Waals surface area contributed by atoms with Gasteiger partial charge in [-0.25, -0.2) is 0 Å². The number of carbonyl (C=O) groups is 1. The van der Waals surface area contributed by atoms with Gasteiger partial charge in [0.25, 0.3) is 0 Å². The Hall–Kier alpha value is -1.64. The molecule has 0 fully saturated rings. The molecule has 8 heteroatoms. The molecule has 2 heterocycles. The molecule has 0 bridgehead atoms. The van der Waals surface area contributed by atoms with Crippen LogP contribution in [0.1, 0.15) is 6.92 Å². The molecule has 0 saturated carbocycles. The lowest BCUT2D eigenvalue weighted by atomic mass is 10.3. The van der Waals surface area contributed by atoms with Crippen molar-refractivity contribution in [3.63, 3.8) is 0 Å². The summed E-state index contributed by atoms with van der Waals surface area (Å²) in [5.74, 6) is -0.304. The van der Waals surface area contributed by atoms with Gasteiger partial charge in [-0.2, -0.15) is 4.99 Å². The molecule has 1 aliphatic heterocycles. The summed E-state index contributed by atoms with van der Waals surface area (Å²) in [6.45, 7) is 4.59. The van der Waals surface area contributed by atoms with Crippen LogP contribution in [0.3, 0.4) is 0 Å². The summed E-state index contributed by atoms with van der Waals surface area (Å²) in [6, 6.07) is 5.99. The number of rotatable bonds is 5. The molecule has 2 aromatic rings. The molecule has 0 unspecified atom stereocenters. The highest BCUT2D eigenvalue weighted by molar-refractivity contribution is 9.10. The smallest absolute Gasteiger partial charge is 0.317 e. The Morgan fingerprint density at radius 1 is 1.46 bits per heavy atom. The molecule has 128 valence electrons. The number of fused-ring (bicyclic) bond motifs is 1. The average Bonchev–Trinajstić information content (AvgIpc) is 2.92. The Labute approximate surface area is 151 Å². The first-order valence-corrected chi connectivity index (χ1v) is 9.20. The summed E-state index contributed by atoms with van der Waals surface area (Å²) in [4.78, 5) is 17.1. The van der Waals surface area contributed by atoms with Crippen LogP contribution >= 0.6 is 27.3 Å². The van der Waals surface area contributed by atoms with E-state index in [0.29, 0.717) is 37.8 Å². The lowest BCUT2D eigenvalue weighted by Crippen LogP contribution is -2.21. The molecule has 1 aromatic carbocycles. The summed E-state index contributed by atoms with van der Waals surface area (Å²) < 4.78 is 19.9. The number of halogens is 1. The van der Waals surface area contributed by atoms with Gasteiger partial charge in [0, 0.05) is 17.6 Å². The lowest BCUT2D eigenvalue weighted by Gasteiger charge is -2.12. The summed E-state index contributed by atoms with van der Waals surface area (Å²) in [6.07, 6.45) is 1.32. The van der Waals surface area contributed by atoms with Gasteiger partial charge in [-0.05, 0) is 25.1 Å². The van der Waals surface area contributed by atoms with E-state index in [1.54, 1.807) is 0 Å². The topological polar surface area (TPSA) is 62.1 Å². The van der Waals surface area contributed by atoms with Gasteiger partial charge >= 0.3 is 5.91 Å². The highest BCUT2D eigenvalue weighted by Crippen LogP contribution is 2.22. The van der Waals surface area contributed by atoms with Crippen molar-refractivity contribution in [2.75, 3.05) is 26.4 Å². The van der Waals surface area contributed by atoms with Gasteiger partial charge < -0.3 is 18.8 Å². The van der Waals surface area contributed by atoms with Crippen molar-refractivity contribution in [1.82, 2.24) is 4.57 Å². The zero-order chi connectivity index (χ0) is 16.9. The second-order valence-corrected chi connectivity index (χ2v) is 6.89. The van der Waals surface area contributed by atoms with Crippen LogP contribution in [0.25, 0.3) is 10.2 Å². The number of benzene rings is 1. The number of amides is 1. The largest absolute Gasteiger partial charge is 0.494 e. The quantitative estimate of drug-likeness (QED) is 0.708. The third-order valence-electron chi connectivity index (χ3n) is 3.37. The fraction of sp³-hybridized carbons (Fsp3) is 0.375. The molecule has 24 heavy (non-hydrogen) atoms. The van der Waals surface area contributed by atoms with Crippen LogP contribution in [-0.2, 0) is 25.5 Å². The number of hydrogen-bond donors (Lipinski definition) is 0. The van der Waals surface area contributed by atoms with Crippen molar-refractivity contribution in [2.24, 2.45) is 4.99 Å². The molecule has 0 aliphatic carbocycles. The predicted molar refractivity (Wildman–Crippen MR) is 94.6 cm³/mol. The van der Waals surface area contributed by atoms with Gasteiger partial charge in [0.05, 0.1) is 16.8 Å². The van der Waals surface area contributed by atoms with E-state index in [9.17, 15) is 4.79 Å². The molecule has 0 atom stereocenters. The van der Waals surface area contributed by atoms with Crippen LogP contribution in [0.5, 0.6) is 0 Å². The first kappa shape index (κ1) is 17.2. The third kappa shape index (κ3) is 3.88. The number of nitrogens with zero attached hydrogens (tertiary/aromatic N) is 2. The first-order valence-electron chi connectivity index (χ1n) is 7.59. The Morgan fingerprint density at radius 2 is 2.33 bits per heavy atom. The molecule has 1 aliphatic rings. The van der Waals surface area contributed by atoms with Crippen molar-refractivity contribution in [2.45, 2.75) is 13.5 Å². The minimum Gasteiger partial charge on any atom is -0.494 e. The van der Waals surface area contributed by atoms with Gasteiger partial charge in [0.1, 0.15) is 19.5 Å². The maximum Gasteiger partial charge on any atom is 0.317 e. The normalized spacial score (nSPS) is 15.1. The first-order chi connectivity index (χ1) is 11.7. The molecule has 6 nitrogen and oxygen atoms in total. The summed E-state index contributed by atoms with van der Waals surface area (Å²) in [5.41, 5.74) is 1.02. The monoisotopic (exact) mass is 412 g/mol. The van der Waals surface area contributed by atoms with Crippen LogP contribution in [0.15, 0.2) is 39.7 Å². The molecule has 0 saturated heterocycles. The number of ether oxygens (including phenoxy) is 3. The predicted octanol–water partition coefficient (Wildman–Crippen LogP) is 2.82. The Bertz CT molecular complexity index is 840. The molecule has 1 aromatic heterocycles. The van der Waals surface area contributed by atoms with Crippen molar-refractivity contribution < 1.29 is 19.0 Å². The van der Waals surface area contributed by atoms with Crippen molar-refractivity contribution in [1.29, 1.82) is 0 Å². The van der Waals surface area contributed by atoms with E-state index >= 15 is 0 Å². The van der Waals surface area contributed by atoms with E-state index in [-0.39, 0.29) is 5.76 Å². The Kier molecular flexibility index (Phi) is 5.70. The maximum atomic E-state index is 12.3. The van der Waals surface area contributed by atoms with E-state index in [1.165, 1.54) is 17.6 Å². The number of aromatic nitrogens is 1. The summed E-state index contributed by atoms with van der Waals surface area (Å²) in [7, 11) is 0. The Balaban J connectivity index is 2.01. The molecular formula is C16H17BrN2O4S. The van der Waals surface area contributed by atoms with E-state index in [2.05, 4.69) is 20.9 Å². The average molecular weight is 413 g/mol. The van der Waals surface area contributed by atoms with Crippen LogP contribution in [0.2, 0.25) is 0 Å². The minimum absolute atomic E-state index is 0.135. The highest BCUT2D eigenvalue weighted by Gasteiger charge is 2.15. The Morgan fingerprint density at radius 3 is 3.08 bits per heavy atom. The van der Waals surface area contributed by atoms with Crippen LogP contribution < -0.4 is 4.80 Å². The maximum absolute atomic E-state index is 12.3. The fourth-order valence-corrected chi connectivity index (χ4v) is 3.88. The molecule has 0 radical (unpaired) electrons. The second kappa shape index (κ2) is 7.96. The summed E-state index contributed by atoms with van der Waals surface area (Å²) in [5, 5.41) is 0. The molecule has 0 N–H and O–H groups in total. The number of hydrogen-bond acceptors (Lipinski definition) is 5. The molecule has 0 spiro atoms. The van der Waals surface area contributed by atoms with Gasteiger partial charge in [-0.1, -0.05) is 27.3 Å². The van der Waals surface area contributed by atoms with Gasteiger partial charge in [-0.3, -0.25) is 4.79 Å². The van der Waals surface area contributed by atoms with Gasteiger partial charge in [0.15, 0.2) is 4.80 Å². The van der Waals surface area contributed by atoms with Crippen molar-refractivity contribution in [3.8, 4) is 0 Å². The number of carbonyl (C=O) groups excluding carboxylic acids is 1.